The SMILES string of the molecule is CN(CCN1CCCCC1)c1ccc(Nc2nccc(-n3cc(C(N)=O)c4ccccc43)n2)cc1. The van der Waals surface area contributed by atoms with Crippen LogP contribution in [0.2, 0.25) is 0 Å². The van der Waals surface area contributed by atoms with Gasteiger partial charge in [0.05, 0.1) is 11.1 Å². The first-order valence-corrected chi connectivity index (χ1v) is 12.1. The molecule has 1 aliphatic rings. The molecule has 2 aromatic carbocycles. The number of para-hydroxylation sites is 1. The van der Waals surface area contributed by atoms with Crippen molar-refractivity contribution < 1.29 is 4.79 Å². The molecule has 1 fully saturated rings. The molecule has 5 rings (SSSR count). The van der Waals surface area contributed by atoms with Crippen molar-refractivity contribution in [1.29, 1.82) is 0 Å². The molecule has 3 N–H and O–H groups in total. The van der Waals surface area contributed by atoms with Crippen molar-refractivity contribution in [3.05, 3.63) is 72.6 Å². The zero-order valence-corrected chi connectivity index (χ0v) is 20.0. The lowest BCUT2D eigenvalue weighted by molar-refractivity contribution is 0.100. The van der Waals surface area contributed by atoms with E-state index in [0.717, 1.165) is 29.7 Å². The molecule has 180 valence electrons. The van der Waals surface area contributed by atoms with Crippen molar-refractivity contribution in [2.45, 2.75) is 19.3 Å². The first-order valence-electron chi connectivity index (χ1n) is 12.1. The minimum atomic E-state index is -0.464. The van der Waals surface area contributed by atoms with E-state index in [2.05, 4.69) is 44.3 Å². The molecular formula is C27H31N7O. The third-order valence-corrected chi connectivity index (χ3v) is 6.63. The molecule has 4 aromatic rings. The predicted octanol–water partition coefficient (Wildman–Crippen LogP) is 4.19. The van der Waals surface area contributed by atoms with E-state index in [4.69, 9.17) is 5.73 Å². The van der Waals surface area contributed by atoms with Gasteiger partial charge in [0.15, 0.2) is 0 Å². The van der Waals surface area contributed by atoms with Crippen LogP contribution < -0.4 is 16.0 Å². The lowest BCUT2D eigenvalue weighted by Gasteiger charge is -2.29. The zero-order valence-electron chi connectivity index (χ0n) is 20.0. The number of carbonyl (C=O) groups is 1. The molecule has 0 unspecified atom stereocenters. The maximum Gasteiger partial charge on any atom is 0.250 e. The van der Waals surface area contributed by atoms with Gasteiger partial charge in [0, 0.05) is 49.3 Å². The second-order valence-electron chi connectivity index (χ2n) is 9.03. The highest BCUT2D eigenvalue weighted by atomic mass is 16.1. The van der Waals surface area contributed by atoms with Crippen molar-refractivity contribution in [3.8, 4) is 5.82 Å². The number of piperidine rings is 1. The van der Waals surface area contributed by atoms with Crippen LogP contribution in [-0.2, 0) is 0 Å². The van der Waals surface area contributed by atoms with Crippen LogP contribution in [0.5, 0.6) is 0 Å². The summed E-state index contributed by atoms with van der Waals surface area (Å²) in [7, 11) is 2.14. The lowest BCUT2D eigenvalue weighted by atomic mass is 10.1. The van der Waals surface area contributed by atoms with Gasteiger partial charge in [0.2, 0.25) is 5.95 Å². The Balaban J connectivity index is 1.29. The number of amides is 1. The van der Waals surface area contributed by atoms with Gasteiger partial charge >= 0.3 is 0 Å². The van der Waals surface area contributed by atoms with Gasteiger partial charge in [-0.3, -0.25) is 4.79 Å². The van der Waals surface area contributed by atoms with Crippen molar-refractivity contribution in [1.82, 2.24) is 19.4 Å². The van der Waals surface area contributed by atoms with E-state index in [9.17, 15) is 4.79 Å². The average molecular weight is 470 g/mol. The Morgan fingerprint density at radius 2 is 1.83 bits per heavy atom. The summed E-state index contributed by atoms with van der Waals surface area (Å²) >= 11 is 0. The van der Waals surface area contributed by atoms with E-state index in [1.165, 1.54) is 38.0 Å². The highest BCUT2D eigenvalue weighted by molar-refractivity contribution is 6.06. The minimum absolute atomic E-state index is 0.464. The molecule has 8 nitrogen and oxygen atoms in total. The highest BCUT2D eigenvalue weighted by Crippen LogP contribution is 2.25. The number of benzene rings is 2. The Morgan fingerprint density at radius 1 is 1.06 bits per heavy atom. The molecule has 1 aliphatic heterocycles. The number of nitrogens with two attached hydrogens (primary N) is 1. The first-order chi connectivity index (χ1) is 17.1. The standard InChI is InChI=1S/C27H31N7O/c1-32(17-18-33-15-5-2-6-16-33)21-11-9-20(10-12-21)30-27-29-14-13-25(31-27)34-19-23(26(28)35)22-7-3-4-8-24(22)34/h3-4,7-14,19H,2,5-6,15-18H2,1H3,(H2,28,35)(H,29,30,31). The van der Waals surface area contributed by atoms with Crippen molar-refractivity contribution in [3.63, 3.8) is 0 Å². The average Bonchev–Trinajstić information content (AvgIpc) is 3.29. The number of anilines is 3. The number of primary amides is 1. The molecule has 3 heterocycles. The Labute approximate surface area is 205 Å². The number of aromatic nitrogens is 3. The summed E-state index contributed by atoms with van der Waals surface area (Å²) in [6, 6.07) is 17.8. The van der Waals surface area contributed by atoms with E-state index >= 15 is 0 Å². The molecule has 8 heteroatoms. The monoisotopic (exact) mass is 469 g/mol. The number of likely N-dealkylation sites (N-methyl/N-ethyl adjacent to an activating group) is 1. The Kier molecular flexibility index (Phi) is 6.63. The van der Waals surface area contributed by atoms with E-state index in [1.807, 2.05) is 47.0 Å². The molecule has 1 saturated heterocycles. The van der Waals surface area contributed by atoms with Crippen LogP contribution in [0.1, 0.15) is 29.6 Å². The lowest BCUT2D eigenvalue weighted by Crippen LogP contribution is -2.36. The summed E-state index contributed by atoms with van der Waals surface area (Å²) in [6.45, 7) is 4.55. The van der Waals surface area contributed by atoms with Crippen LogP contribution in [0.4, 0.5) is 17.3 Å². The van der Waals surface area contributed by atoms with Gasteiger partial charge in [-0.05, 0) is 62.3 Å². The van der Waals surface area contributed by atoms with Crippen molar-refractivity contribution >= 4 is 34.1 Å². The van der Waals surface area contributed by atoms with Crippen LogP contribution in [0.25, 0.3) is 16.7 Å². The Morgan fingerprint density at radius 3 is 2.60 bits per heavy atom. The Bertz CT molecular complexity index is 1310. The molecule has 0 saturated carbocycles. The number of fused-ring (bicyclic) bond motifs is 1. The summed E-state index contributed by atoms with van der Waals surface area (Å²) in [5.74, 6) is 0.667. The first kappa shape index (κ1) is 22.9. The van der Waals surface area contributed by atoms with Crippen LogP contribution in [-0.4, -0.2) is 58.6 Å². The number of nitrogens with one attached hydrogen (secondary N) is 1. The molecule has 0 radical (unpaired) electrons. The van der Waals surface area contributed by atoms with Crippen LogP contribution >= 0.6 is 0 Å². The van der Waals surface area contributed by atoms with Gasteiger partial charge in [-0.15, -0.1) is 0 Å². The molecule has 1 amide bonds. The second-order valence-corrected chi connectivity index (χ2v) is 9.03. The third-order valence-electron chi connectivity index (χ3n) is 6.63. The van der Waals surface area contributed by atoms with E-state index in [-0.39, 0.29) is 0 Å². The molecule has 2 aromatic heterocycles. The zero-order chi connectivity index (χ0) is 24.2. The number of rotatable bonds is 8. The fraction of sp³-hybridized carbons (Fsp3) is 0.296. The molecule has 0 spiro atoms. The van der Waals surface area contributed by atoms with Crippen molar-refractivity contribution in [2.75, 3.05) is 43.4 Å². The highest BCUT2D eigenvalue weighted by Gasteiger charge is 2.15. The van der Waals surface area contributed by atoms with Crippen LogP contribution in [0.15, 0.2) is 67.0 Å². The number of hydrogen-bond donors (Lipinski definition) is 2. The van der Waals surface area contributed by atoms with Gasteiger partial charge < -0.3 is 25.4 Å². The quantitative estimate of drug-likeness (QED) is 0.402. The molecule has 35 heavy (non-hydrogen) atoms. The molecule has 0 aliphatic carbocycles. The topological polar surface area (TPSA) is 92.3 Å². The summed E-state index contributed by atoms with van der Waals surface area (Å²) in [5, 5.41) is 4.09. The normalized spacial score (nSPS) is 14.2. The molecule has 0 bridgehead atoms. The fourth-order valence-electron chi connectivity index (χ4n) is 4.64. The predicted molar refractivity (Wildman–Crippen MR) is 141 cm³/mol. The molecule has 0 atom stereocenters. The van der Waals surface area contributed by atoms with Gasteiger partial charge in [-0.2, -0.15) is 4.98 Å². The third kappa shape index (κ3) is 5.12. The maximum atomic E-state index is 11.9. The molecular weight excluding hydrogens is 438 g/mol. The van der Waals surface area contributed by atoms with Crippen LogP contribution in [0.3, 0.4) is 0 Å². The number of hydrogen-bond acceptors (Lipinski definition) is 6. The van der Waals surface area contributed by atoms with E-state index < -0.39 is 5.91 Å². The number of likely N-dealkylation sites (tertiary alicyclic amines) is 1. The van der Waals surface area contributed by atoms with E-state index in [1.54, 1.807) is 12.4 Å². The van der Waals surface area contributed by atoms with Crippen LogP contribution in [0, 0.1) is 0 Å². The summed E-state index contributed by atoms with van der Waals surface area (Å²) < 4.78 is 1.86. The summed E-state index contributed by atoms with van der Waals surface area (Å²) in [6.07, 6.45) is 7.43. The van der Waals surface area contributed by atoms with E-state index in [0.29, 0.717) is 17.3 Å². The minimum Gasteiger partial charge on any atom is -0.373 e. The fourth-order valence-corrected chi connectivity index (χ4v) is 4.64. The Hall–Kier alpha value is -3.91. The number of carbonyl (C=O) groups excluding carboxylic acids is 1. The van der Waals surface area contributed by atoms with Gasteiger partial charge in [0.1, 0.15) is 5.82 Å². The van der Waals surface area contributed by atoms with Gasteiger partial charge in [-0.25, -0.2) is 4.98 Å². The van der Waals surface area contributed by atoms with Crippen molar-refractivity contribution in [2.24, 2.45) is 5.73 Å². The smallest absolute Gasteiger partial charge is 0.250 e. The van der Waals surface area contributed by atoms with Gasteiger partial charge in [-0.1, -0.05) is 24.6 Å². The second kappa shape index (κ2) is 10.1. The maximum absolute atomic E-state index is 11.9. The summed E-state index contributed by atoms with van der Waals surface area (Å²) in [5.41, 5.74) is 9.01. The largest absolute Gasteiger partial charge is 0.373 e. The summed E-state index contributed by atoms with van der Waals surface area (Å²) in [4.78, 5) is 25.8. The number of nitrogens with zero attached hydrogens (tertiary/aromatic N) is 5. The van der Waals surface area contributed by atoms with Gasteiger partial charge in [0.25, 0.3) is 5.91 Å².